The molecule has 2 aromatic carbocycles. The van der Waals surface area contributed by atoms with Crippen molar-refractivity contribution in [2.75, 3.05) is 26.2 Å². The summed E-state index contributed by atoms with van der Waals surface area (Å²) >= 11 is 0. The third-order valence-electron chi connectivity index (χ3n) is 4.43. The summed E-state index contributed by atoms with van der Waals surface area (Å²) in [4.78, 5) is 2.53. The first-order chi connectivity index (χ1) is 10.7. The minimum atomic E-state index is 0. The minimum Gasteiger partial charge on any atom is -0.507 e. The Bertz CT molecular complexity index is 684. The zero-order chi connectivity index (χ0) is 15.5. The highest BCUT2D eigenvalue weighted by Gasteiger charge is 2.24. The number of phenols is 1. The average molecular weight is 369 g/mol. The van der Waals surface area contributed by atoms with Gasteiger partial charge < -0.3 is 10.4 Å². The van der Waals surface area contributed by atoms with Crippen molar-refractivity contribution in [1.29, 1.82) is 0 Å². The lowest BCUT2D eigenvalue weighted by atomic mass is 9.93. The molecule has 0 saturated carbocycles. The van der Waals surface area contributed by atoms with Gasteiger partial charge in [-0.25, -0.2) is 0 Å². The molecule has 0 amide bonds. The summed E-state index contributed by atoms with van der Waals surface area (Å²) in [7, 11) is 0. The third kappa shape index (κ3) is 4.42. The number of nitrogens with zero attached hydrogens (tertiary/aromatic N) is 1. The second-order valence-corrected chi connectivity index (χ2v) is 6.18. The molecule has 2 aromatic rings. The molecule has 1 aliphatic heterocycles. The summed E-state index contributed by atoms with van der Waals surface area (Å²) < 4.78 is 0. The Morgan fingerprint density at radius 2 is 1.75 bits per heavy atom. The average Bonchev–Trinajstić information content (AvgIpc) is 2.54. The molecule has 0 aliphatic carbocycles. The number of rotatable bonds is 4. The molecule has 132 valence electrons. The Kier molecular flexibility index (Phi) is 8.04. The van der Waals surface area contributed by atoms with Gasteiger partial charge in [-0.15, -0.1) is 31.4 Å². The molecule has 0 bridgehead atoms. The molecule has 2 N–H and O–H groups in total. The fourth-order valence-corrected chi connectivity index (χ4v) is 3.36. The van der Waals surface area contributed by atoms with Gasteiger partial charge in [0, 0.05) is 37.6 Å². The summed E-state index contributed by atoms with van der Waals surface area (Å²) in [5.74, 6) is 0.355. The summed E-state index contributed by atoms with van der Waals surface area (Å²) in [5, 5.41) is 15.6. The van der Waals surface area contributed by atoms with Crippen LogP contribution in [0.5, 0.6) is 5.75 Å². The molecule has 0 unspecified atom stereocenters. The van der Waals surface area contributed by atoms with E-state index in [-0.39, 0.29) is 24.8 Å². The maximum absolute atomic E-state index is 10.1. The van der Waals surface area contributed by atoms with E-state index in [0.717, 1.165) is 43.4 Å². The zero-order valence-corrected chi connectivity index (χ0v) is 15.6. The van der Waals surface area contributed by atoms with Crippen LogP contribution >= 0.6 is 24.8 Å². The summed E-state index contributed by atoms with van der Waals surface area (Å²) in [6.07, 6.45) is 0.953. The highest BCUT2D eigenvalue weighted by atomic mass is 35.5. The number of aromatic hydroxyl groups is 1. The van der Waals surface area contributed by atoms with Crippen molar-refractivity contribution in [1.82, 2.24) is 10.2 Å². The molecule has 3 nitrogen and oxygen atoms in total. The topological polar surface area (TPSA) is 35.5 Å². The van der Waals surface area contributed by atoms with Gasteiger partial charge in [-0.1, -0.05) is 35.9 Å². The molecule has 1 saturated heterocycles. The van der Waals surface area contributed by atoms with E-state index in [2.05, 4.69) is 35.9 Å². The van der Waals surface area contributed by atoms with Gasteiger partial charge in [-0.2, -0.15) is 0 Å². The van der Waals surface area contributed by atoms with Crippen molar-refractivity contribution in [2.45, 2.75) is 19.4 Å². The SMILES string of the molecule is C=C(C)C[C@@H](c1ccc(O)c2ccccc12)N1CCNCC1.Cl.Cl. The van der Waals surface area contributed by atoms with E-state index in [0.29, 0.717) is 11.8 Å². The fraction of sp³-hybridized carbons (Fsp3) is 0.368. The van der Waals surface area contributed by atoms with Gasteiger partial charge in [-0.05, 0) is 30.4 Å². The summed E-state index contributed by atoms with van der Waals surface area (Å²) in [6, 6.07) is 12.3. The van der Waals surface area contributed by atoms with E-state index in [1.807, 2.05) is 24.3 Å². The van der Waals surface area contributed by atoms with Gasteiger partial charge in [0.1, 0.15) is 5.75 Å². The van der Waals surface area contributed by atoms with Gasteiger partial charge in [0.15, 0.2) is 0 Å². The Balaban J connectivity index is 0.00000144. The van der Waals surface area contributed by atoms with Gasteiger partial charge in [0.25, 0.3) is 0 Å². The monoisotopic (exact) mass is 368 g/mol. The van der Waals surface area contributed by atoms with E-state index in [1.165, 1.54) is 11.1 Å². The molecule has 24 heavy (non-hydrogen) atoms. The van der Waals surface area contributed by atoms with Crippen LogP contribution in [-0.4, -0.2) is 36.2 Å². The van der Waals surface area contributed by atoms with Crippen LogP contribution in [0.2, 0.25) is 0 Å². The van der Waals surface area contributed by atoms with Crippen molar-refractivity contribution in [2.24, 2.45) is 0 Å². The van der Waals surface area contributed by atoms with E-state index >= 15 is 0 Å². The lowest BCUT2D eigenvalue weighted by Crippen LogP contribution is -2.45. The minimum absolute atomic E-state index is 0. The molecule has 1 aliphatic rings. The molecule has 0 spiro atoms. The van der Waals surface area contributed by atoms with Crippen LogP contribution in [0, 0.1) is 0 Å². The maximum atomic E-state index is 10.1. The Morgan fingerprint density at radius 3 is 2.38 bits per heavy atom. The van der Waals surface area contributed by atoms with Crippen LogP contribution in [0.3, 0.4) is 0 Å². The number of nitrogens with one attached hydrogen (secondary N) is 1. The standard InChI is InChI=1S/C19H24N2O.2ClH/c1-14(2)13-18(21-11-9-20-10-12-21)16-7-8-19(22)17-6-4-3-5-15(16)17;;/h3-8,18,20,22H,1,9-13H2,2H3;2*1H/t18-;;/m0../s1. The summed E-state index contributed by atoms with van der Waals surface area (Å²) in [5.41, 5.74) is 2.49. The number of fused-ring (bicyclic) bond motifs is 1. The molecular weight excluding hydrogens is 343 g/mol. The summed E-state index contributed by atoms with van der Waals surface area (Å²) in [6.45, 7) is 10.4. The van der Waals surface area contributed by atoms with Gasteiger partial charge in [-0.3, -0.25) is 4.90 Å². The van der Waals surface area contributed by atoms with Gasteiger partial charge >= 0.3 is 0 Å². The van der Waals surface area contributed by atoms with Crippen molar-refractivity contribution in [3.05, 3.63) is 54.1 Å². The molecule has 0 radical (unpaired) electrons. The maximum Gasteiger partial charge on any atom is 0.123 e. The molecular formula is C19H26Cl2N2O. The normalized spacial score (nSPS) is 16.0. The van der Waals surface area contributed by atoms with E-state index < -0.39 is 0 Å². The molecule has 1 fully saturated rings. The van der Waals surface area contributed by atoms with Crippen LogP contribution in [0.15, 0.2) is 48.6 Å². The van der Waals surface area contributed by atoms with E-state index in [4.69, 9.17) is 0 Å². The van der Waals surface area contributed by atoms with Gasteiger partial charge in [0.2, 0.25) is 0 Å². The second-order valence-electron chi connectivity index (χ2n) is 6.18. The number of piperazine rings is 1. The largest absolute Gasteiger partial charge is 0.507 e. The lowest BCUT2D eigenvalue weighted by molar-refractivity contribution is 0.173. The first-order valence-corrected chi connectivity index (χ1v) is 7.96. The molecule has 5 heteroatoms. The van der Waals surface area contributed by atoms with Crippen molar-refractivity contribution in [3.63, 3.8) is 0 Å². The Hall–Kier alpha value is -1.26. The van der Waals surface area contributed by atoms with Gasteiger partial charge in [0.05, 0.1) is 0 Å². The quantitative estimate of drug-likeness (QED) is 0.789. The predicted molar refractivity (Wildman–Crippen MR) is 107 cm³/mol. The Morgan fingerprint density at radius 1 is 1.12 bits per heavy atom. The predicted octanol–water partition coefficient (Wildman–Crippen LogP) is 4.30. The first kappa shape index (κ1) is 20.8. The Labute approximate surface area is 156 Å². The molecule has 3 rings (SSSR count). The lowest BCUT2D eigenvalue weighted by Gasteiger charge is -2.36. The van der Waals surface area contributed by atoms with Crippen LogP contribution in [0.25, 0.3) is 10.8 Å². The highest BCUT2D eigenvalue weighted by Crippen LogP contribution is 2.36. The highest BCUT2D eigenvalue weighted by molar-refractivity contribution is 5.91. The molecule has 1 heterocycles. The van der Waals surface area contributed by atoms with Crippen LogP contribution in [0.1, 0.15) is 24.9 Å². The number of hydrogen-bond donors (Lipinski definition) is 2. The molecule has 1 atom stereocenters. The number of halogens is 2. The van der Waals surface area contributed by atoms with E-state index in [1.54, 1.807) is 0 Å². The van der Waals surface area contributed by atoms with Crippen molar-refractivity contribution in [3.8, 4) is 5.75 Å². The fourth-order valence-electron chi connectivity index (χ4n) is 3.36. The van der Waals surface area contributed by atoms with Crippen molar-refractivity contribution < 1.29 is 5.11 Å². The second kappa shape index (κ2) is 9.28. The number of phenolic OH excluding ortho intramolecular Hbond substituents is 1. The number of hydrogen-bond acceptors (Lipinski definition) is 3. The van der Waals surface area contributed by atoms with Crippen molar-refractivity contribution >= 4 is 35.6 Å². The number of benzene rings is 2. The first-order valence-electron chi connectivity index (χ1n) is 7.96. The molecule has 0 aromatic heterocycles. The zero-order valence-electron chi connectivity index (χ0n) is 14.0. The van der Waals surface area contributed by atoms with Crippen LogP contribution in [-0.2, 0) is 0 Å². The van der Waals surface area contributed by atoms with Crippen LogP contribution in [0.4, 0.5) is 0 Å². The smallest absolute Gasteiger partial charge is 0.123 e. The third-order valence-corrected chi connectivity index (χ3v) is 4.43. The van der Waals surface area contributed by atoms with Crippen LogP contribution < -0.4 is 5.32 Å². The van der Waals surface area contributed by atoms with E-state index in [9.17, 15) is 5.11 Å².